The molecule has 2 amide bonds. The second-order valence-electron chi connectivity index (χ2n) is 7.06. The van der Waals surface area contributed by atoms with E-state index < -0.39 is 0 Å². The van der Waals surface area contributed by atoms with Gasteiger partial charge in [0.2, 0.25) is 0 Å². The molecule has 1 aliphatic carbocycles. The molecule has 0 saturated heterocycles. The van der Waals surface area contributed by atoms with Crippen LogP contribution in [0, 0.1) is 0 Å². The number of aliphatic hydroxyl groups excluding tert-OH is 1. The van der Waals surface area contributed by atoms with Crippen molar-refractivity contribution in [1.29, 1.82) is 0 Å². The molecule has 2 aromatic carbocycles. The number of nitrogens with zero attached hydrogens (tertiary/aromatic N) is 1. The molecule has 0 bridgehead atoms. The SMILES string of the molecule is O=C(Nc1cccc2c1CN(Cc1cccc(CO)c1)C2=O)C1=CC=CCC1=S. The fourth-order valence-electron chi connectivity index (χ4n) is 3.62. The number of anilines is 1. The average Bonchev–Trinajstić information content (AvgIpc) is 3.05. The summed E-state index contributed by atoms with van der Waals surface area (Å²) in [7, 11) is 0. The molecule has 0 unspecified atom stereocenters. The van der Waals surface area contributed by atoms with Crippen LogP contribution in [-0.4, -0.2) is 26.7 Å². The number of rotatable bonds is 5. The van der Waals surface area contributed by atoms with Crippen LogP contribution in [0.2, 0.25) is 0 Å². The quantitative estimate of drug-likeness (QED) is 0.748. The van der Waals surface area contributed by atoms with Gasteiger partial charge in [-0.2, -0.15) is 0 Å². The highest BCUT2D eigenvalue weighted by molar-refractivity contribution is 7.81. The fraction of sp³-hybridized carbons (Fsp3) is 0.174. The molecular formula is C23H20N2O3S. The van der Waals surface area contributed by atoms with Crippen molar-refractivity contribution in [3.8, 4) is 0 Å². The lowest BCUT2D eigenvalue weighted by molar-refractivity contribution is -0.112. The minimum absolute atomic E-state index is 0.0366. The van der Waals surface area contributed by atoms with Gasteiger partial charge in [0.05, 0.1) is 12.2 Å². The van der Waals surface area contributed by atoms with E-state index in [9.17, 15) is 14.7 Å². The number of nitrogens with one attached hydrogen (secondary N) is 1. The van der Waals surface area contributed by atoms with E-state index in [1.807, 2.05) is 42.5 Å². The molecule has 2 N–H and O–H groups in total. The number of aliphatic hydroxyl groups is 1. The molecule has 2 aromatic rings. The third-order valence-corrected chi connectivity index (χ3v) is 5.47. The molecule has 2 aliphatic rings. The maximum absolute atomic E-state index is 12.9. The van der Waals surface area contributed by atoms with Crippen molar-refractivity contribution < 1.29 is 14.7 Å². The molecule has 6 heteroatoms. The third kappa shape index (κ3) is 3.90. The summed E-state index contributed by atoms with van der Waals surface area (Å²) in [6.45, 7) is 0.817. The van der Waals surface area contributed by atoms with Crippen LogP contribution in [-0.2, 0) is 24.5 Å². The zero-order valence-electron chi connectivity index (χ0n) is 15.7. The zero-order chi connectivity index (χ0) is 20.4. The van der Waals surface area contributed by atoms with E-state index in [0.29, 0.717) is 41.2 Å². The van der Waals surface area contributed by atoms with Gasteiger partial charge in [-0.05, 0) is 29.3 Å². The van der Waals surface area contributed by atoms with E-state index in [0.717, 1.165) is 16.7 Å². The smallest absolute Gasteiger partial charge is 0.256 e. The molecule has 29 heavy (non-hydrogen) atoms. The van der Waals surface area contributed by atoms with Gasteiger partial charge in [-0.3, -0.25) is 9.59 Å². The van der Waals surface area contributed by atoms with Crippen molar-refractivity contribution in [1.82, 2.24) is 4.90 Å². The summed E-state index contributed by atoms with van der Waals surface area (Å²) in [5.41, 5.74) is 4.29. The molecule has 1 aliphatic heterocycles. The highest BCUT2D eigenvalue weighted by Gasteiger charge is 2.30. The third-order valence-electron chi connectivity index (χ3n) is 5.09. The predicted molar refractivity (Wildman–Crippen MR) is 115 cm³/mol. The molecule has 1 heterocycles. The molecule has 0 aromatic heterocycles. The number of thiocarbonyl (C=S) groups is 1. The van der Waals surface area contributed by atoms with E-state index >= 15 is 0 Å². The number of carbonyl (C=O) groups excluding carboxylic acids is 2. The molecule has 146 valence electrons. The summed E-state index contributed by atoms with van der Waals surface area (Å²) in [5, 5.41) is 12.2. The van der Waals surface area contributed by atoms with Crippen molar-refractivity contribution in [3.05, 3.63) is 88.5 Å². The van der Waals surface area contributed by atoms with Crippen LogP contribution >= 0.6 is 12.2 Å². The van der Waals surface area contributed by atoms with Gasteiger partial charge < -0.3 is 15.3 Å². The Kier molecular flexibility index (Phi) is 5.38. The standard InChI is InChI=1S/C23H20N2O3S/c26-14-16-6-3-5-15(11-16)12-25-13-19-17(23(25)28)8-4-9-20(19)24-22(27)18-7-1-2-10-21(18)29/h1-9,11,26H,10,12-14H2,(H,24,27). The predicted octanol–water partition coefficient (Wildman–Crippen LogP) is 3.53. The van der Waals surface area contributed by atoms with Crippen molar-refractivity contribution in [2.75, 3.05) is 5.32 Å². The lowest BCUT2D eigenvalue weighted by Gasteiger charge is -2.17. The van der Waals surface area contributed by atoms with Crippen LogP contribution in [0.5, 0.6) is 0 Å². The summed E-state index contributed by atoms with van der Waals surface area (Å²) in [4.78, 5) is 27.9. The van der Waals surface area contributed by atoms with Gasteiger partial charge >= 0.3 is 0 Å². The Labute approximate surface area is 174 Å². The number of benzene rings is 2. The molecule has 0 radical (unpaired) electrons. The molecule has 4 rings (SSSR count). The van der Waals surface area contributed by atoms with Gasteiger partial charge in [0.1, 0.15) is 0 Å². The van der Waals surface area contributed by atoms with Gasteiger partial charge in [0, 0.05) is 41.2 Å². The molecule has 0 fully saturated rings. The molecule has 0 atom stereocenters. The lowest BCUT2D eigenvalue weighted by atomic mass is 10.0. The van der Waals surface area contributed by atoms with Crippen LogP contribution in [0.3, 0.4) is 0 Å². The van der Waals surface area contributed by atoms with Crippen molar-refractivity contribution in [2.45, 2.75) is 26.1 Å². The van der Waals surface area contributed by atoms with Gasteiger partial charge in [0.25, 0.3) is 11.8 Å². The first-order valence-electron chi connectivity index (χ1n) is 9.38. The fourth-order valence-corrected chi connectivity index (χ4v) is 3.87. The normalized spacial score (nSPS) is 15.3. The van der Waals surface area contributed by atoms with Crippen LogP contribution in [0.4, 0.5) is 5.69 Å². The largest absolute Gasteiger partial charge is 0.392 e. The first-order valence-corrected chi connectivity index (χ1v) is 9.79. The Morgan fingerprint density at radius 3 is 2.76 bits per heavy atom. The molecule has 5 nitrogen and oxygen atoms in total. The van der Waals surface area contributed by atoms with Crippen LogP contribution in [0.1, 0.15) is 33.5 Å². The first kappa shape index (κ1) is 19.2. The van der Waals surface area contributed by atoms with Gasteiger partial charge in [-0.15, -0.1) is 0 Å². The Balaban J connectivity index is 1.55. The van der Waals surface area contributed by atoms with E-state index in [-0.39, 0.29) is 18.4 Å². The highest BCUT2D eigenvalue weighted by Crippen LogP contribution is 2.31. The number of fused-ring (bicyclic) bond motifs is 1. The molecule has 0 spiro atoms. The van der Waals surface area contributed by atoms with Gasteiger partial charge in [-0.25, -0.2) is 0 Å². The minimum Gasteiger partial charge on any atom is -0.392 e. The van der Waals surface area contributed by atoms with E-state index in [4.69, 9.17) is 12.2 Å². The maximum Gasteiger partial charge on any atom is 0.256 e. The first-order chi connectivity index (χ1) is 14.1. The topological polar surface area (TPSA) is 69.6 Å². The summed E-state index contributed by atoms with van der Waals surface area (Å²) in [6, 6.07) is 12.9. The molecular weight excluding hydrogens is 384 g/mol. The highest BCUT2D eigenvalue weighted by atomic mass is 32.1. The number of carbonyl (C=O) groups is 2. The summed E-state index contributed by atoms with van der Waals surface area (Å²) < 4.78 is 0. The zero-order valence-corrected chi connectivity index (χ0v) is 16.5. The second kappa shape index (κ2) is 8.11. The van der Waals surface area contributed by atoms with Crippen molar-refractivity contribution >= 4 is 34.6 Å². The van der Waals surface area contributed by atoms with Gasteiger partial charge in [-0.1, -0.05) is 54.7 Å². The Morgan fingerprint density at radius 2 is 1.97 bits per heavy atom. The molecule has 0 saturated carbocycles. The van der Waals surface area contributed by atoms with Crippen LogP contribution in [0.25, 0.3) is 0 Å². The monoisotopic (exact) mass is 404 g/mol. The Bertz CT molecular complexity index is 1070. The van der Waals surface area contributed by atoms with Crippen molar-refractivity contribution in [2.24, 2.45) is 0 Å². The summed E-state index contributed by atoms with van der Waals surface area (Å²) in [6.07, 6.45) is 6.05. The average molecular weight is 404 g/mol. The van der Waals surface area contributed by atoms with E-state index in [1.165, 1.54) is 0 Å². The number of amides is 2. The van der Waals surface area contributed by atoms with Crippen molar-refractivity contribution in [3.63, 3.8) is 0 Å². The van der Waals surface area contributed by atoms with Crippen LogP contribution in [0.15, 0.2) is 66.3 Å². The second-order valence-corrected chi connectivity index (χ2v) is 7.55. The summed E-state index contributed by atoms with van der Waals surface area (Å²) in [5.74, 6) is -0.324. The maximum atomic E-state index is 12.9. The van der Waals surface area contributed by atoms with E-state index in [1.54, 1.807) is 23.1 Å². The Hall–Kier alpha value is -3.09. The number of allylic oxidation sites excluding steroid dienone is 3. The number of hydrogen-bond acceptors (Lipinski definition) is 4. The minimum atomic E-state index is -0.255. The van der Waals surface area contributed by atoms with E-state index in [2.05, 4.69) is 5.32 Å². The lowest BCUT2D eigenvalue weighted by Crippen LogP contribution is -2.23. The number of hydrogen-bond donors (Lipinski definition) is 2. The van der Waals surface area contributed by atoms with Gasteiger partial charge in [0.15, 0.2) is 0 Å². The summed E-state index contributed by atoms with van der Waals surface area (Å²) >= 11 is 5.29. The van der Waals surface area contributed by atoms with Crippen LogP contribution < -0.4 is 5.32 Å². The Morgan fingerprint density at radius 1 is 1.17 bits per heavy atom.